The Morgan fingerprint density at radius 3 is 2.38 bits per heavy atom. The molecule has 0 saturated heterocycles. The molecule has 0 bridgehead atoms. The molecule has 4 nitrogen and oxygen atoms in total. The molecule has 0 unspecified atom stereocenters. The van der Waals surface area contributed by atoms with E-state index in [4.69, 9.17) is 14.7 Å². The number of hydrogen-bond donors (Lipinski definition) is 3. The van der Waals surface area contributed by atoms with Crippen LogP contribution in [0.1, 0.15) is 0 Å². The van der Waals surface area contributed by atoms with Gasteiger partial charge in [0.15, 0.2) is 0 Å². The van der Waals surface area contributed by atoms with E-state index in [0.29, 0.717) is 13.1 Å². The summed E-state index contributed by atoms with van der Waals surface area (Å²) in [7, 11) is 0.622. The molecule has 0 aliphatic rings. The zero-order valence-corrected chi connectivity index (χ0v) is 7.40. The first kappa shape index (κ1) is 10.1. The smallest absolute Gasteiger partial charge is 0.423 e. The molecule has 1 aromatic rings. The summed E-state index contributed by atoms with van der Waals surface area (Å²) in [5.74, 6) is 0. The predicted octanol–water partition coefficient (Wildman–Crippen LogP) is -1.31. The quantitative estimate of drug-likeness (QED) is 0.502. The number of nitrogens with one attached hydrogen (secondary N) is 1. The summed E-state index contributed by atoms with van der Waals surface area (Å²) in [4.78, 5) is 0. The average Bonchev–Trinajstić information content (AvgIpc) is 2.15. The summed E-state index contributed by atoms with van der Waals surface area (Å²) in [5.41, 5.74) is 1.36. The van der Waals surface area contributed by atoms with Crippen molar-refractivity contribution in [2.45, 2.75) is 0 Å². The Morgan fingerprint density at radius 1 is 1.31 bits per heavy atom. The third-order valence-corrected chi connectivity index (χ3v) is 1.63. The van der Waals surface area contributed by atoms with E-state index in [0.717, 1.165) is 5.69 Å². The van der Waals surface area contributed by atoms with Gasteiger partial charge in [0, 0.05) is 12.8 Å². The van der Waals surface area contributed by atoms with E-state index in [2.05, 4.69) is 5.23 Å². The molecule has 0 aliphatic heterocycles. The number of hydrogen-bond acceptors (Lipinski definition) is 4. The Morgan fingerprint density at radius 2 is 1.92 bits per heavy atom. The van der Waals surface area contributed by atoms with Crippen LogP contribution in [0.5, 0.6) is 0 Å². The van der Waals surface area contributed by atoms with Crippen LogP contribution >= 0.6 is 0 Å². The zero-order chi connectivity index (χ0) is 9.68. The van der Waals surface area contributed by atoms with Crippen LogP contribution in [-0.2, 0) is 4.65 Å². The highest BCUT2D eigenvalue weighted by Gasteiger charge is 2.09. The Kier molecular flexibility index (Phi) is 3.82. The lowest BCUT2D eigenvalue weighted by Gasteiger charge is -2.04. The first-order valence-electron chi connectivity index (χ1n) is 3.93. The SMILES string of the molecule is COBNc1ccc(B(O)O)cc1. The lowest BCUT2D eigenvalue weighted by Crippen LogP contribution is -2.29. The van der Waals surface area contributed by atoms with Crippen molar-refractivity contribution in [2.75, 3.05) is 12.3 Å². The molecular formula is C7H11B2NO3. The molecule has 0 atom stereocenters. The maximum absolute atomic E-state index is 8.80. The standard InChI is InChI=1S/C7H11B2NO3/c1-13-8-10-7-4-2-6(3-5-7)9(11)12/h2-5,8,10-12H,1H3. The molecule has 68 valence electrons. The first-order chi connectivity index (χ1) is 6.24. The molecule has 3 N–H and O–H groups in total. The van der Waals surface area contributed by atoms with E-state index in [1.54, 1.807) is 31.4 Å². The predicted molar refractivity (Wildman–Crippen MR) is 54.0 cm³/mol. The van der Waals surface area contributed by atoms with Gasteiger partial charge in [0.25, 0.3) is 0 Å². The molecule has 0 fully saturated rings. The van der Waals surface area contributed by atoms with E-state index in [1.807, 2.05) is 0 Å². The summed E-state index contributed by atoms with van der Waals surface area (Å²) < 4.78 is 4.81. The van der Waals surface area contributed by atoms with Crippen molar-refractivity contribution in [3.8, 4) is 0 Å². The maximum Gasteiger partial charge on any atom is 0.488 e. The van der Waals surface area contributed by atoms with E-state index in [9.17, 15) is 0 Å². The number of benzene rings is 1. The monoisotopic (exact) mass is 179 g/mol. The fraction of sp³-hybridized carbons (Fsp3) is 0.143. The van der Waals surface area contributed by atoms with Crippen LogP contribution in [0, 0.1) is 0 Å². The van der Waals surface area contributed by atoms with Gasteiger partial charge < -0.3 is 19.9 Å². The van der Waals surface area contributed by atoms with Gasteiger partial charge in [-0.2, -0.15) is 0 Å². The van der Waals surface area contributed by atoms with Crippen molar-refractivity contribution in [3.63, 3.8) is 0 Å². The van der Waals surface area contributed by atoms with Crippen LogP contribution in [-0.4, -0.2) is 31.9 Å². The highest BCUT2D eigenvalue weighted by molar-refractivity contribution is 6.58. The Balaban J connectivity index is 2.59. The second kappa shape index (κ2) is 4.91. The van der Waals surface area contributed by atoms with Gasteiger partial charge in [-0.25, -0.2) is 0 Å². The molecule has 0 heterocycles. The van der Waals surface area contributed by atoms with Crippen LogP contribution in [0.25, 0.3) is 0 Å². The molecule has 0 amide bonds. The molecule has 1 aromatic carbocycles. The minimum absolute atomic E-state index is 0.432. The second-order valence-corrected chi connectivity index (χ2v) is 2.61. The molecule has 6 heteroatoms. The lowest BCUT2D eigenvalue weighted by atomic mass is 9.80. The van der Waals surface area contributed by atoms with E-state index < -0.39 is 7.12 Å². The molecule has 0 aromatic heterocycles. The second-order valence-electron chi connectivity index (χ2n) is 2.61. The summed E-state index contributed by atoms with van der Waals surface area (Å²) in [6, 6.07) is 6.80. The maximum atomic E-state index is 8.80. The van der Waals surface area contributed by atoms with Gasteiger partial charge in [-0.05, 0) is 17.6 Å². The lowest BCUT2D eigenvalue weighted by molar-refractivity contribution is 0.426. The fourth-order valence-corrected chi connectivity index (χ4v) is 0.929. The van der Waals surface area contributed by atoms with Crippen LogP contribution < -0.4 is 10.7 Å². The van der Waals surface area contributed by atoms with Gasteiger partial charge in [-0.1, -0.05) is 12.1 Å². The van der Waals surface area contributed by atoms with Crippen molar-refractivity contribution < 1.29 is 14.7 Å². The number of rotatable bonds is 4. The zero-order valence-electron chi connectivity index (χ0n) is 7.40. The van der Waals surface area contributed by atoms with Gasteiger partial charge in [-0.15, -0.1) is 0 Å². The van der Waals surface area contributed by atoms with Gasteiger partial charge in [-0.3, -0.25) is 0 Å². The van der Waals surface area contributed by atoms with Crippen molar-refractivity contribution in [2.24, 2.45) is 0 Å². The first-order valence-corrected chi connectivity index (χ1v) is 3.93. The molecule has 0 saturated carbocycles. The fourth-order valence-electron chi connectivity index (χ4n) is 0.929. The number of anilines is 1. The molecule has 0 radical (unpaired) electrons. The highest BCUT2D eigenvalue weighted by Crippen LogP contribution is 2.02. The largest absolute Gasteiger partial charge is 0.488 e. The molecule has 0 spiro atoms. The van der Waals surface area contributed by atoms with Crippen LogP contribution in [0.3, 0.4) is 0 Å². The topological polar surface area (TPSA) is 61.7 Å². The highest BCUT2D eigenvalue weighted by atomic mass is 16.4. The minimum atomic E-state index is -1.41. The normalized spacial score (nSPS) is 9.46. The van der Waals surface area contributed by atoms with Crippen molar-refractivity contribution in [3.05, 3.63) is 24.3 Å². The molecular weight excluding hydrogens is 168 g/mol. The molecule has 1 rings (SSSR count). The van der Waals surface area contributed by atoms with Crippen molar-refractivity contribution >= 4 is 25.9 Å². The van der Waals surface area contributed by atoms with Gasteiger partial charge >= 0.3 is 14.7 Å². The average molecular weight is 179 g/mol. The van der Waals surface area contributed by atoms with E-state index in [-0.39, 0.29) is 0 Å². The van der Waals surface area contributed by atoms with E-state index >= 15 is 0 Å². The molecule has 13 heavy (non-hydrogen) atoms. The third-order valence-electron chi connectivity index (χ3n) is 1.63. The van der Waals surface area contributed by atoms with Crippen LogP contribution in [0.15, 0.2) is 24.3 Å². The Hall–Kier alpha value is -0.970. The third kappa shape index (κ3) is 3.10. The van der Waals surface area contributed by atoms with E-state index in [1.165, 1.54) is 0 Å². The Labute approximate surface area is 78.0 Å². The summed E-state index contributed by atoms with van der Waals surface area (Å²) in [5, 5.41) is 20.6. The van der Waals surface area contributed by atoms with Crippen LogP contribution in [0.2, 0.25) is 0 Å². The summed E-state index contributed by atoms with van der Waals surface area (Å²) in [6.07, 6.45) is 0. The van der Waals surface area contributed by atoms with Crippen molar-refractivity contribution in [1.82, 2.24) is 0 Å². The van der Waals surface area contributed by atoms with Crippen LogP contribution in [0.4, 0.5) is 5.69 Å². The van der Waals surface area contributed by atoms with Gasteiger partial charge in [0.05, 0.1) is 0 Å². The molecule has 0 aliphatic carbocycles. The summed E-state index contributed by atoms with van der Waals surface area (Å²) >= 11 is 0. The Bertz CT molecular complexity index is 252. The summed E-state index contributed by atoms with van der Waals surface area (Å²) in [6.45, 7) is 0. The van der Waals surface area contributed by atoms with Gasteiger partial charge in [0.2, 0.25) is 0 Å². The van der Waals surface area contributed by atoms with Crippen molar-refractivity contribution in [1.29, 1.82) is 0 Å². The van der Waals surface area contributed by atoms with Gasteiger partial charge in [0.1, 0.15) is 0 Å². The minimum Gasteiger partial charge on any atom is -0.423 e.